The Kier molecular flexibility index (Phi) is 8.22. The average molecular weight is 421 g/mol. The van der Waals surface area contributed by atoms with Crippen LogP contribution in [0.2, 0.25) is 0 Å². The molecule has 0 amide bonds. The Balaban J connectivity index is 1.31. The molecule has 0 bridgehead atoms. The van der Waals surface area contributed by atoms with Gasteiger partial charge in [-0.2, -0.15) is 0 Å². The third-order valence-corrected chi connectivity index (χ3v) is 8.23. The van der Waals surface area contributed by atoms with Gasteiger partial charge in [-0.05, 0) is 110 Å². The lowest BCUT2D eigenvalue weighted by molar-refractivity contribution is 0.293. The fourth-order valence-electron chi connectivity index (χ4n) is 6.24. The molecule has 2 aliphatic rings. The molecule has 4 rings (SSSR count). The van der Waals surface area contributed by atoms with Gasteiger partial charge in [0.05, 0.1) is 6.67 Å². The van der Waals surface area contributed by atoms with Crippen molar-refractivity contribution in [1.29, 1.82) is 0 Å². The molecule has 2 aromatic rings. The van der Waals surface area contributed by atoms with Gasteiger partial charge in [-0.3, -0.25) is 4.39 Å². The fourth-order valence-corrected chi connectivity index (χ4v) is 6.24. The first kappa shape index (κ1) is 22.6. The molecule has 31 heavy (non-hydrogen) atoms. The highest BCUT2D eigenvalue weighted by Gasteiger charge is 2.23. The highest BCUT2D eigenvalue weighted by Crippen LogP contribution is 2.39. The standard InChI is InChI=1S/C30H41F/c1-2-4-23-6-10-25(11-7-23)27-14-18-29(19-15-27)30-20-16-28(17-21-30)26-12-8-24(9-13-26)5-3-22-31/h14-21,23-26H,2-13,22H2,1H3/t23-,24-,25-,26-. The summed E-state index contributed by atoms with van der Waals surface area (Å²) in [6, 6.07) is 18.8. The van der Waals surface area contributed by atoms with Crippen LogP contribution in [-0.4, -0.2) is 6.67 Å². The molecule has 2 fully saturated rings. The smallest absolute Gasteiger partial charge is 0.0894 e. The van der Waals surface area contributed by atoms with Crippen LogP contribution in [0.25, 0.3) is 11.1 Å². The monoisotopic (exact) mass is 420 g/mol. The number of rotatable bonds is 8. The minimum atomic E-state index is -0.150. The molecule has 0 N–H and O–H groups in total. The van der Waals surface area contributed by atoms with Gasteiger partial charge >= 0.3 is 0 Å². The van der Waals surface area contributed by atoms with Gasteiger partial charge in [-0.25, -0.2) is 0 Å². The van der Waals surface area contributed by atoms with Crippen molar-refractivity contribution in [3.63, 3.8) is 0 Å². The number of hydrogen-bond acceptors (Lipinski definition) is 0. The van der Waals surface area contributed by atoms with Crippen LogP contribution in [0.15, 0.2) is 48.5 Å². The summed E-state index contributed by atoms with van der Waals surface area (Å²) < 4.78 is 12.4. The molecule has 0 saturated heterocycles. The number of hydrogen-bond donors (Lipinski definition) is 0. The summed E-state index contributed by atoms with van der Waals surface area (Å²) in [6.07, 6.45) is 15.2. The van der Waals surface area contributed by atoms with E-state index in [4.69, 9.17) is 0 Å². The molecule has 0 unspecified atom stereocenters. The summed E-state index contributed by atoms with van der Waals surface area (Å²) in [5.74, 6) is 3.20. The van der Waals surface area contributed by atoms with Crippen molar-refractivity contribution in [3.8, 4) is 11.1 Å². The van der Waals surface area contributed by atoms with E-state index in [0.717, 1.165) is 30.6 Å². The van der Waals surface area contributed by atoms with Gasteiger partial charge in [-0.15, -0.1) is 0 Å². The molecule has 2 saturated carbocycles. The lowest BCUT2D eigenvalue weighted by atomic mass is 9.77. The third kappa shape index (κ3) is 5.99. The van der Waals surface area contributed by atoms with E-state index in [1.807, 2.05) is 0 Å². The second-order valence-electron chi connectivity index (χ2n) is 10.3. The van der Waals surface area contributed by atoms with Crippen LogP contribution in [0, 0.1) is 11.8 Å². The maximum absolute atomic E-state index is 12.4. The molecule has 2 aromatic carbocycles. The Hall–Kier alpha value is -1.63. The molecular formula is C30H41F. The molecule has 1 heteroatoms. The first-order valence-corrected chi connectivity index (χ1v) is 13.0. The summed E-state index contributed by atoms with van der Waals surface area (Å²) in [5.41, 5.74) is 5.71. The number of halogens is 1. The molecule has 0 aliphatic heterocycles. The minimum absolute atomic E-state index is 0.150. The average Bonchev–Trinajstić information content (AvgIpc) is 2.84. The molecule has 0 atom stereocenters. The van der Waals surface area contributed by atoms with Crippen LogP contribution >= 0.6 is 0 Å². The van der Waals surface area contributed by atoms with Gasteiger partial charge in [0.1, 0.15) is 0 Å². The van der Waals surface area contributed by atoms with E-state index in [0.29, 0.717) is 5.92 Å². The summed E-state index contributed by atoms with van der Waals surface area (Å²) in [4.78, 5) is 0. The van der Waals surface area contributed by atoms with Crippen LogP contribution < -0.4 is 0 Å². The van der Waals surface area contributed by atoms with E-state index in [2.05, 4.69) is 55.5 Å². The van der Waals surface area contributed by atoms with Crippen molar-refractivity contribution in [2.75, 3.05) is 6.67 Å². The quantitative estimate of drug-likeness (QED) is 0.399. The third-order valence-electron chi connectivity index (χ3n) is 8.23. The Morgan fingerprint density at radius 1 is 0.613 bits per heavy atom. The second kappa shape index (κ2) is 11.3. The topological polar surface area (TPSA) is 0 Å². The van der Waals surface area contributed by atoms with E-state index >= 15 is 0 Å². The maximum atomic E-state index is 12.4. The number of benzene rings is 2. The second-order valence-corrected chi connectivity index (χ2v) is 10.3. The van der Waals surface area contributed by atoms with Crippen molar-refractivity contribution in [1.82, 2.24) is 0 Å². The van der Waals surface area contributed by atoms with Crippen LogP contribution in [0.1, 0.15) is 107 Å². The molecule has 0 nitrogen and oxygen atoms in total. The molecule has 0 aromatic heterocycles. The maximum Gasteiger partial charge on any atom is 0.0894 e. The van der Waals surface area contributed by atoms with Crippen LogP contribution in [0.5, 0.6) is 0 Å². The highest BCUT2D eigenvalue weighted by atomic mass is 19.1. The van der Waals surface area contributed by atoms with Crippen molar-refractivity contribution >= 4 is 0 Å². The summed E-state index contributed by atoms with van der Waals surface area (Å²) in [5, 5.41) is 0. The molecule has 0 radical (unpaired) electrons. The summed E-state index contributed by atoms with van der Waals surface area (Å²) in [7, 11) is 0. The van der Waals surface area contributed by atoms with Gasteiger partial charge in [0, 0.05) is 0 Å². The molecular weight excluding hydrogens is 379 g/mol. The van der Waals surface area contributed by atoms with Crippen molar-refractivity contribution in [2.24, 2.45) is 11.8 Å². The van der Waals surface area contributed by atoms with E-state index in [1.165, 1.54) is 80.9 Å². The molecule has 168 valence electrons. The predicted octanol–water partition coefficient (Wildman–Crippen LogP) is 9.45. The predicted molar refractivity (Wildman–Crippen MR) is 131 cm³/mol. The van der Waals surface area contributed by atoms with E-state index < -0.39 is 0 Å². The van der Waals surface area contributed by atoms with E-state index in [1.54, 1.807) is 5.56 Å². The zero-order chi connectivity index (χ0) is 21.5. The van der Waals surface area contributed by atoms with Crippen molar-refractivity contribution in [3.05, 3.63) is 59.7 Å². The van der Waals surface area contributed by atoms with Gasteiger partial charge < -0.3 is 0 Å². The highest BCUT2D eigenvalue weighted by molar-refractivity contribution is 5.64. The van der Waals surface area contributed by atoms with Gasteiger partial charge in [0.15, 0.2) is 0 Å². The Morgan fingerprint density at radius 2 is 1.03 bits per heavy atom. The number of alkyl halides is 1. The lowest BCUT2D eigenvalue weighted by Crippen LogP contribution is -2.13. The van der Waals surface area contributed by atoms with E-state index in [9.17, 15) is 4.39 Å². The normalized spacial score (nSPS) is 26.6. The van der Waals surface area contributed by atoms with Crippen LogP contribution in [0.3, 0.4) is 0 Å². The minimum Gasteiger partial charge on any atom is -0.251 e. The summed E-state index contributed by atoms with van der Waals surface area (Å²) >= 11 is 0. The van der Waals surface area contributed by atoms with Gasteiger partial charge in [-0.1, -0.05) is 68.3 Å². The van der Waals surface area contributed by atoms with Crippen LogP contribution in [-0.2, 0) is 0 Å². The zero-order valence-corrected chi connectivity index (χ0v) is 19.5. The van der Waals surface area contributed by atoms with E-state index in [-0.39, 0.29) is 6.67 Å². The van der Waals surface area contributed by atoms with Crippen molar-refractivity contribution < 1.29 is 4.39 Å². The fraction of sp³-hybridized carbons (Fsp3) is 0.600. The SMILES string of the molecule is CCC[C@H]1CC[C@H](c2ccc(-c3ccc([C@H]4CC[C@H](CCCF)CC4)cc3)cc2)CC1. The van der Waals surface area contributed by atoms with Gasteiger partial charge in [0.2, 0.25) is 0 Å². The first-order valence-electron chi connectivity index (χ1n) is 13.0. The van der Waals surface area contributed by atoms with Crippen LogP contribution in [0.4, 0.5) is 4.39 Å². The zero-order valence-electron chi connectivity index (χ0n) is 19.5. The first-order chi connectivity index (χ1) is 15.3. The van der Waals surface area contributed by atoms with Crippen molar-refractivity contribution in [2.45, 2.75) is 95.8 Å². The molecule has 0 heterocycles. The lowest BCUT2D eigenvalue weighted by Gasteiger charge is -2.29. The Morgan fingerprint density at radius 3 is 1.42 bits per heavy atom. The molecule has 0 spiro atoms. The Labute approximate surface area is 189 Å². The largest absolute Gasteiger partial charge is 0.251 e. The summed E-state index contributed by atoms with van der Waals surface area (Å²) in [6.45, 7) is 2.17. The van der Waals surface area contributed by atoms with Gasteiger partial charge in [0.25, 0.3) is 0 Å². The Bertz CT molecular complexity index is 759. The molecule has 2 aliphatic carbocycles.